The highest BCUT2D eigenvalue weighted by molar-refractivity contribution is 5.79. The summed E-state index contributed by atoms with van der Waals surface area (Å²) in [5, 5.41) is 10.8. The van der Waals surface area contributed by atoms with Gasteiger partial charge in [-0.3, -0.25) is 4.79 Å². The van der Waals surface area contributed by atoms with Crippen LogP contribution in [0.5, 0.6) is 0 Å². The van der Waals surface area contributed by atoms with E-state index in [0.717, 1.165) is 18.4 Å². The van der Waals surface area contributed by atoms with Gasteiger partial charge >= 0.3 is 0 Å². The van der Waals surface area contributed by atoms with Gasteiger partial charge in [-0.25, -0.2) is 0 Å². The van der Waals surface area contributed by atoms with Gasteiger partial charge in [-0.2, -0.15) is 0 Å². The average Bonchev–Trinajstić information content (AvgIpc) is 2.53. The number of fused-ring (bicyclic) bond motifs is 1. The molecule has 1 aromatic carbocycles. The van der Waals surface area contributed by atoms with E-state index in [1.165, 1.54) is 5.56 Å². The van der Waals surface area contributed by atoms with Gasteiger partial charge in [0.05, 0.1) is 6.10 Å². The average molecular weight is 244 g/mol. The quantitative estimate of drug-likeness (QED) is 0.761. The first-order valence-electron chi connectivity index (χ1n) is 6.78. The third-order valence-corrected chi connectivity index (χ3v) is 5.40. The molecule has 0 heterocycles. The molecule has 0 aliphatic heterocycles. The van der Waals surface area contributed by atoms with Gasteiger partial charge in [-0.05, 0) is 29.4 Å². The number of rotatable bonds is 0. The van der Waals surface area contributed by atoms with Gasteiger partial charge in [0.2, 0.25) is 0 Å². The summed E-state index contributed by atoms with van der Waals surface area (Å²) in [4.78, 5) is 11.5. The van der Waals surface area contributed by atoms with Crippen molar-refractivity contribution in [1.82, 2.24) is 0 Å². The van der Waals surface area contributed by atoms with E-state index < -0.39 is 6.10 Å². The van der Waals surface area contributed by atoms with E-state index in [1.807, 2.05) is 18.2 Å². The molecule has 1 fully saturated rings. The minimum absolute atomic E-state index is 0.0519. The fourth-order valence-electron chi connectivity index (χ4n) is 4.09. The van der Waals surface area contributed by atoms with Crippen LogP contribution < -0.4 is 0 Å². The second-order valence-electron chi connectivity index (χ2n) is 6.31. The summed E-state index contributed by atoms with van der Waals surface area (Å²) in [6.45, 7) is 4.44. The van der Waals surface area contributed by atoms with E-state index in [-0.39, 0.29) is 10.8 Å². The molecule has 2 aliphatic rings. The highest BCUT2D eigenvalue weighted by Crippen LogP contribution is 2.63. The van der Waals surface area contributed by atoms with Crippen LogP contribution in [0.25, 0.3) is 0 Å². The first-order chi connectivity index (χ1) is 8.49. The molecule has 1 N–H and O–H groups in total. The minimum Gasteiger partial charge on any atom is -0.388 e. The molecule has 0 saturated heterocycles. The first-order valence-corrected chi connectivity index (χ1v) is 6.78. The molecule has 1 spiro atoms. The Morgan fingerprint density at radius 3 is 2.39 bits per heavy atom. The lowest BCUT2D eigenvalue weighted by Crippen LogP contribution is -2.43. The van der Waals surface area contributed by atoms with Crippen LogP contribution in [0, 0.1) is 5.41 Å². The molecule has 2 nitrogen and oxygen atoms in total. The van der Waals surface area contributed by atoms with Crippen LogP contribution in [0.4, 0.5) is 0 Å². The van der Waals surface area contributed by atoms with Crippen molar-refractivity contribution in [3.8, 4) is 0 Å². The van der Waals surface area contributed by atoms with Crippen molar-refractivity contribution in [2.45, 2.75) is 51.0 Å². The van der Waals surface area contributed by atoms with E-state index in [1.54, 1.807) is 0 Å². The topological polar surface area (TPSA) is 37.3 Å². The fraction of sp³-hybridized carbons (Fsp3) is 0.562. The molecule has 1 atom stereocenters. The normalized spacial score (nSPS) is 28.4. The van der Waals surface area contributed by atoms with Gasteiger partial charge in [0.25, 0.3) is 0 Å². The first kappa shape index (κ1) is 11.9. The van der Waals surface area contributed by atoms with Crippen LogP contribution in [0.3, 0.4) is 0 Å². The number of aliphatic hydroxyl groups excluding tert-OH is 1. The molecule has 0 bridgehead atoms. The molecule has 2 heteroatoms. The van der Waals surface area contributed by atoms with Crippen molar-refractivity contribution in [2.75, 3.05) is 0 Å². The van der Waals surface area contributed by atoms with E-state index >= 15 is 0 Å². The molecule has 2 aliphatic carbocycles. The number of benzene rings is 1. The van der Waals surface area contributed by atoms with Crippen LogP contribution in [-0.4, -0.2) is 10.9 Å². The number of ketones is 1. The molecule has 96 valence electrons. The maximum atomic E-state index is 11.5. The number of hydrogen-bond acceptors (Lipinski definition) is 2. The van der Waals surface area contributed by atoms with Gasteiger partial charge in [0.15, 0.2) is 0 Å². The molecule has 1 saturated carbocycles. The Balaban J connectivity index is 2.11. The van der Waals surface area contributed by atoms with Crippen molar-refractivity contribution >= 4 is 5.78 Å². The maximum Gasteiger partial charge on any atom is 0.132 e. The van der Waals surface area contributed by atoms with Crippen molar-refractivity contribution in [3.05, 3.63) is 35.4 Å². The summed E-state index contributed by atoms with van der Waals surface area (Å²) in [5.74, 6) is 0.347. The number of carbonyl (C=O) groups excluding carboxylic acids is 1. The lowest BCUT2D eigenvalue weighted by atomic mass is 9.58. The van der Waals surface area contributed by atoms with Crippen LogP contribution >= 0.6 is 0 Å². The Morgan fingerprint density at radius 2 is 1.78 bits per heavy atom. The predicted molar refractivity (Wildman–Crippen MR) is 70.3 cm³/mol. The van der Waals surface area contributed by atoms with Crippen LogP contribution in [0.15, 0.2) is 24.3 Å². The number of aliphatic hydroxyl groups is 1. The molecule has 0 amide bonds. The van der Waals surface area contributed by atoms with Gasteiger partial charge in [-0.15, -0.1) is 0 Å². The molecule has 1 aromatic rings. The van der Waals surface area contributed by atoms with E-state index in [2.05, 4.69) is 19.9 Å². The van der Waals surface area contributed by atoms with E-state index in [9.17, 15) is 9.90 Å². The lowest BCUT2D eigenvalue weighted by Gasteiger charge is -2.46. The van der Waals surface area contributed by atoms with Crippen LogP contribution in [0.1, 0.15) is 56.8 Å². The van der Waals surface area contributed by atoms with Gasteiger partial charge < -0.3 is 5.11 Å². The van der Waals surface area contributed by atoms with E-state index in [0.29, 0.717) is 18.6 Å². The molecule has 1 unspecified atom stereocenters. The summed E-state index contributed by atoms with van der Waals surface area (Å²) < 4.78 is 0. The molecule has 0 aromatic heterocycles. The van der Waals surface area contributed by atoms with Crippen molar-refractivity contribution in [1.29, 1.82) is 0 Å². The van der Waals surface area contributed by atoms with Gasteiger partial charge in [0, 0.05) is 18.3 Å². The Morgan fingerprint density at radius 1 is 1.17 bits per heavy atom. The molecular weight excluding hydrogens is 224 g/mol. The Kier molecular flexibility index (Phi) is 2.43. The lowest BCUT2D eigenvalue weighted by molar-refractivity contribution is -0.126. The molecular formula is C16H20O2. The van der Waals surface area contributed by atoms with Crippen LogP contribution in [0.2, 0.25) is 0 Å². The monoisotopic (exact) mass is 244 g/mol. The van der Waals surface area contributed by atoms with Crippen molar-refractivity contribution < 1.29 is 9.90 Å². The Hall–Kier alpha value is -1.15. The van der Waals surface area contributed by atoms with E-state index in [4.69, 9.17) is 0 Å². The SMILES string of the molecule is CC1(C)c2ccccc2C(O)C12CCC(=O)CC2. The summed E-state index contributed by atoms with van der Waals surface area (Å²) in [5.41, 5.74) is 2.12. The van der Waals surface area contributed by atoms with Crippen molar-refractivity contribution in [3.63, 3.8) is 0 Å². The minimum atomic E-state index is -0.420. The van der Waals surface area contributed by atoms with Gasteiger partial charge in [-0.1, -0.05) is 38.1 Å². The molecule has 18 heavy (non-hydrogen) atoms. The largest absolute Gasteiger partial charge is 0.388 e. The third-order valence-electron chi connectivity index (χ3n) is 5.40. The number of carbonyl (C=O) groups is 1. The van der Waals surface area contributed by atoms with Crippen LogP contribution in [-0.2, 0) is 10.2 Å². The zero-order valence-electron chi connectivity index (χ0n) is 11.1. The number of hydrogen-bond donors (Lipinski definition) is 1. The third kappa shape index (κ3) is 1.30. The molecule has 3 rings (SSSR count). The highest BCUT2D eigenvalue weighted by atomic mass is 16.3. The smallest absolute Gasteiger partial charge is 0.132 e. The fourth-order valence-corrected chi connectivity index (χ4v) is 4.09. The zero-order valence-corrected chi connectivity index (χ0v) is 11.1. The van der Waals surface area contributed by atoms with Crippen molar-refractivity contribution in [2.24, 2.45) is 5.41 Å². The second-order valence-corrected chi connectivity index (χ2v) is 6.31. The standard InChI is InChI=1S/C16H20O2/c1-15(2)13-6-4-3-5-12(13)14(18)16(15)9-7-11(17)8-10-16/h3-6,14,18H,7-10H2,1-2H3. The molecule has 0 radical (unpaired) electrons. The summed E-state index contributed by atoms with van der Waals surface area (Å²) >= 11 is 0. The second kappa shape index (κ2) is 3.67. The summed E-state index contributed by atoms with van der Waals surface area (Å²) in [7, 11) is 0. The maximum absolute atomic E-state index is 11.5. The Bertz CT molecular complexity index is 492. The highest BCUT2D eigenvalue weighted by Gasteiger charge is 2.58. The summed E-state index contributed by atoms with van der Waals surface area (Å²) in [6, 6.07) is 8.20. The predicted octanol–water partition coefficient (Wildman–Crippen LogP) is 3.14. The Labute approximate surface area is 108 Å². The summed E-state index contributed by atoms with van der Waals surface area (Å²) in [6.07, 6.45) is 2.45. The van der Waals surface area contributed by atoms with Gasteiger partial charge in [0.1, 0.15) is 5.78 Å². The number of Topliss-reactive ketones (excluding diaryl/α,β-unsaturated/α-hetero) is 1. The zero-order chi connectivity index (χ0) is 13.0.